The number of rotatable bonds is 6. The molecule has 3 unspecified atom stereocenters. The van der Waals surface area contributed by atoms with Crippen LogP contribution in [0.25, 0.3) is 0 Å². The fourth-order valence-corrected chi connectivity index (χ4v) is 4.81. The van der Waals surface area contributed by atoms with Gasteiger partial charge in [-0.2, -0.15) is 0 Å². The van der Waals surface area contributed by atoms with E-state index in [-0.39, 0.29) is 44.6 Å². The Bertz CT molecular complexity index is 102. The quantitative estimate of drug-likeness (QED) is 0.475. The fourth-order valence-electron chi connectivity index (χ4n) is 1.55. The molecular weight excluding hydrogens is 331 g/mol. The molecule has 0 fully saturated rings. The van der Waals surface area contributed by atoms with Crippen molar-refractivity contribution in [3.63, 3.8) is 0 Å². The summed E-state index contributed by atoms with van der Waals surface area (Å²) >= 11 is 0.482. The molecule has 124 valence electrons. The Kier molecular flexibility index (Phi) is 62.6. The maximum absolute atomic E-state index is 2.46. The predicted molar refractivity (Wildman–Crippen MR) is 93.6 cm³/mol. The third-order valence-electron chi connectivity index (χ3n) is 2.85. The van der Waals surface area contributed by atoms with Crippen LogP contribution in [0.5, 0.6) is 0 Å². The summed E-state index contributed by atoms with van der Waals surface area (Å²) < 4.78 is 2.53. The summed E-state index contributed by atoms with van der Waals surface area (Å²) in [5.74, 6) is 1.90. The van der Waals surface area contributed by atoms with E-state index in [9.17, 15) is 0 Å². The predicted octanol–water partition coefficient (Wildman–Crippen LogP) is 4.37. The molecule has 0 aromatic rings. The van der Waals surface area contributed by atoms with Crippen molar-refractivity contribution < 1.29 is 21.2 Å². The zero-order valence-electron chi connectivity index (χ0n) is 9.23. The van der Waals surface area contributed by atoms with Gasteiger partial charge in [0.2, 0.25) is 0 Å². The van der Waals surface area contributed by atoms with Crippen LogP contribution in [0.4, 0.5) is 0 Å². The monoisotopic (exact) mass is 379 g/mol. The number of alkyl halides is 2. The summed E-state index contributed by atoms with van der Waals surface area (Å²) in [5, 5.41) is 0. The van der Waals surface area contributed by atoms with E-state index >= 15 is 0 Å². The first-order chi connectivity index (χ1) is 5.67. The van der Waals surface area contributed by atoms with Gasteiger partial charge >= 0.3 is 88.9 Å². The van der Waals surface area contributed by atoms with Crippen LogP contribution in [0.15, 0.2) is 0 Å². The molecule has 0 heterocycles. The second-order valence-corrected chi connectivity index (χ2v) is 7.60. The van der Waals surface area contributed by atoms with Crippen LogP contribution in [-0.2, 0) is 0 Å². The van der Waals surface area contributed by atoms with Crippen molar-refractivity contribution in [2.24, 2.45) is 11.8 Å². The number of halogens is 1. The van der Waals surface area contributed by atoms with E-state index in [0.717, 1.165) is 15.8 Å². The zero-order chi connectivity index (χ0) is 9.56. The van der Waals surface area contributed by atoms with Gasteiger partial charge in [-0.1, -0.05) is 44.6 Å². The molecule has 0 aliphatic rings. The van der Waals surface area contributed by atoms with Crippen molar-refractivity contribution in [1.29, 1.82) is 0 Å². The van der Waals surface area contributed by atoms with E-state index in [1.165, 1.54) is 17.3 Å². The van der Waals surface area contributed by atoms with Crippen LogP contribution in [-0.4, -0.2) is 8.35 Å². The average Bonchev–Trinajstić information content (AvgIpc) is 2.11. The van der Waals surface area contributed by atoms with E-state index in [0.29, 0.717) is 21.2 Å². The van der Waals surface area contributed by atoms with Crippen LogP contribution in [0, 0.1) is 11.8 Å². The zero-order valence-corrected chi connectivity index (χ0v) is 11.4. The fraction of sp³-hybridized carbons (Fsp3) is 1.00. The van der Waals surface area contributed by atoms with Crippen molar-refractivity contribution in [2.75, 3.05) is 4.43 Å². The first kappa shape index (κ1) is 42.8. The molecule has 3 atom stereocenters. The van der Waals surface area contributed by atoms with Crippen molar-refractivity contribution in [1.82, 2.24) is 0 Å². The van der Waals surface area contributed by atoms with E-state index in [2.05, 4.69) is 34.6 Å². The summed E-state index contributed by atoms with van der Waals surface area (Å²) in [7, 11) is 0. The Balaban J connectivity index is -0.0000000403. The third kappa shape index (κ3) is 16.7. The van der Waals surface area contributed by atoms with Crippen LogP contribution in [0.2, 0.25) is 0 Å². The molecule has 0 amide bonds. The van der Waals surface area contributed by atoms with E-state index in [4.69, 9.17) is 0 Å². The topological polar surface area (TPSA) is 0 Å². The Morgan fingerprint density at radius 1 is 0.722 bits per heavy atom. The molecule has 0 radical (unpaired) electrons. The summed E-state index contributed by atoms with van der Waals surface area (Å²) in [6, 6.07) is 0. The molecule has 0 aromatic carbocycles. The number of hydrogen-bond acceptors (Lipinski definition) is 0. The Hall–Kier alpha value is 0.730. The molecule has 18 heavy (non-hydrogen) atoms. The van der Waals surface area contributed by atoms with Crippen LogP contribution in [0.1, 0.15) is 92.0 Å². The molecule has 0 bridgehead atoms. The van der Waals surface area contributed by atoms with Gasteiger partial charge < -0.3 is 0 Å². The summed E-state index contributed by atoms with van der Waals surface area (Å²) in [4.78, 5) is 0. The molecule has 0 aromatic heterocycles. The molecule has 0 nitrogen and oxygen atoms in total. The SMILES string of the molecule is C.C.C.C.C.C.CC[I-]C(CC)C(C)C(C)CC. The van der Waals surface area contributed by atoms with Gasteiger partial charge in [-0.15, -0.1) is 0 Å². The van der Waals surface area contributed by atoms with Crippen molar-refractivity contribution in [3.8, 4) is 0 Å². The van der Waals surface area contributed by atoms with Gasteiger partial charge in [-0.05, 0) is 0 Å². The van der Waals surface area contributed by atoms with Crippen LogP contribution < -0.4 is 21.2 Å². The average molecular weight is 379 g/mol. The van der Waals surface area contributed by atoms with Gasteiger partial charge in [-0.25, -0.2) is 0 Å². The first-order valence-corrected chi connectivity index (χ1v) is 8.02. The normalized spacial score (nSPS) is 12.7. The molecule has 0 N–H and O–H groups in total. The van der Waals surface area contributed by atoms with Crippen molar-refractivity contribution in [2.45, 2.75) is 95.9 Å². The summed E-state index contributed by atoms with van der Waals surface area (Å²) in [6.45, 7) is 11.9. The minimum atomic E-state index is 0. The van der Waals surface area contributed by atoms with Crippen molar-refractivity contribution >= 4 is 0 Å². The maximum atomic E-state index is 2.46. The molecule has 0 saturated heterocycles. The van der Waals surface area contributed by atoms with Gasteiger partial charge in [-0.3, -0.25) is 0 Å². The van der Waals surface area contributed by atoms with E-state index in [1.54, 1.807) is 0 Å². The molecule has 0 aliphatic heterocycles. The third-order valence-corrected chi connectivity index (χ3v) is 6.88. The molecule has 0 spiro atoms. The van der Waals surface area contributed by atoms with Crippen LogP contribution in [0.3, 0.4) is 0 Å². The van der Waals surface area contributed by atoms with Gasteiger partial charge in [0.15, 0.2) is 0 Å². The van der Waals surface area contributed by atoms with Gasteiger partial charge in [0.05, 0.1) is 0 Å². The van der Waals surface area contributed by atoms with Crippen molar-refractivity contribution in [3.05, 3.63) is 0 Å². The Labute approximate surface area is 133 Å². The second-order valence-electron chi connectivity index (χ2n) is 3.59. The standard InChI is InChI=1S/C11H24I.6CH4/c1-6-9(4)10(5)11(7-2)12-8-3;;;;;;/h9-11H,6-8H2,1-5H3;6*1H4/q-1;;;;;;. The minimum absolute atomic E-state index is 0. The Morgan fingerprint density at radius 2 is 1.11 bits per heavy atom. The summed E-state index contributed by atoms with van der Waals surface area (Å²) in [5.41, 5.74) is 0. The molecule has 0 saturated carbocycles. The molecule has 1 heteroatoms. The first-order valence-electron chi connectivity index (χ1n) is 5.24. The van der Waals surface area contributed by atoms with Gasteiger partial charge in [0, 0.05) is 0 Å². The molecular formula is C17H48I-. The Morgan fingerprint density at radius 3 is 1.33 bits per heavy atom. The van der Waals surface area contributed by atoms with Gasteiger partial charge in [0.25, 0.3) is 0 Å². The van der Waals surface area contributed by atoms with E-state index < -0.39 is 0 Å². The molecule has 0 aliphatic carbocycles. The van der Waals surface area contributed by atoms with Gasteiger partial charge in [0.1, 0.15) is 0 Å². The summed E-state index contributed by atoms with van der Waals surface area (Å²) in [6.07, 6.45) is 2.76. The van der Waals surface area contributed by atoms with E-state index in [1.807, 2.05) is 0 Å². The second kappa shape index (κ2) is 26.3. The number of hydrogen-bond donors (Lipinski definition) is 0. The van der Waals surface area contributed by atoms with Crippen LogP contribution >= 0.6 is 0 Å². The molecule has 0 rings (SSSR count).